The molecule has 47 heavy (non-hydrogen) atoms. The van der Waals surface area contributed by atoms with Gasteiger partial charge in [-0.25, -0.2) is 0 Å². The molecule has 0 aliphatic carbocycles. The third-order valence-electron chi connectivity index (χ3n) is 9.74. The van der Waals surface area contributed by atoms with E-state index in [9.17, 15) is 0 Å². The summed E-state index contributed by atoms with van der Waals surface area (Å²) in [5.41, 5.74) is 10.3. The van der Waals surface area contributed by atoms with Crippen LogP contribution in [0.25, 0.3) is 76.5 Å². The second-order valence-electron chi connectivity index (χ2n) is 12.4. The Kier molecular flexibility index (Phi) is 6.65. The van der Waals surface area contributed by atoms with E-state index in [2.05, 4.69) is 182 Å². The number of hydrogen-bond donors (Lipinski definition) is 0. The van der Waals surface area contributed by atoms with E-state index in [1.807, 2.05) is 0 Å². The predicted octanol–water partition coefficient (Wildman–Crippen LogP) is 12.9. The SMILES string of the molecule is c1ccc(-c2ccccc2Cc2c3ccccc3c(-c3ccc4c(c3)cc(-c3ccccc3)c3ccccc34)c3ccccc23)cc1. The average molecular weight is 597 g/mol. The number of benzene rings is 9. The van der Waals surface area contributed by atoms with Gasteiger partial charge >= 0.3 is 0 Å². The fraction of sp³-hybridized carbons (Fsp3) is 0.0213. The lowest BCUT2D eigenvalue weighted by atomic mass is 9.84. The Bertz CT molecular complexity index is 2520. The zero-order valence-corrected chi connectivity index (χ0v) is 26.0. The molecule has 0 spiro atoms. The molecule has 9 rings (SSSR count). The van der Waals surface area contributed by atoms with Crippen molar-refractivity contribution in [2.45, 2.75) is 6.42 Å². The second-order valence-corrected chi connectivity index (χ2v) is 12.4. The number of rotatable bonds is 5. The molecule has 0 heterocycles. The van der Waals surface area contributed by atoms with E-state index >= 15 is 0 Å². The van der Waals surface area contributed by atoms with Gasteiger partial charge in [-0.3, -0.25) is 0 Å². The van der Waals surface area contributed by atoms with Crippen LogP contribution in [0, 0.1) is 0 Å². The Labute approximate surface area is 275 Å². The van der Waals surface area contributed by atoms with Crippen LogP contribution >= 0.6 is 0 Å². The lowest BCUT2D eigenvalue weighted by Gasteiger charge is -2.19. The van der Waals surface area contributed by atoms with Gasteiger partial charge in [-0.05, 0) is 106 Å². The number of hydrogen-bond acceptors (Lipinski definition) is 0. The van der Waals surface area contributed by atoms with Gasteiger partial charge in [0.2, 0.25) is 0 Å². The molecule has 0 nitrogen and oxygen atoms in total. The van der Waals surface area contributed by atoms with Crippen molar-refractivity contribution in [3.63, 3.8) is 0 Å². The highest BCUT2D eigenvalue weighted by Gasteiger charge is 2.18. The first kappa shape index (κ1) is 27.3. The molecule has 0 bridgehead atoms. The first-order chi connectivity index (χ1) is 23.3. The topological polar surface area (TPSA) is 0 Å². The van der Waals surface area contributed by atoms with E-state index in [0.29, 0.717) is 0 Å². The van der Waals surface area contributed by atoms with Gasteiger partial charge < -0.3 is 0 Å². The maximum Gasteiger partial charge on any atom is -0.000728 e. The maximum atomic E-state index is 2.41. The van der Waals surface area contributed by atoms with Gasteiger partial charge in [-0.1, -0.05) is 170 Å². The quantitative estimate of drug-likeness (QED) is 0.137. The molecular weight excluding hydrogens is 565 g/mol. The van der Waals surface area contributed by atoms with Crippen LogP contribution in [-0.2, 0) is 6.42 Å². The largest absolute Gasteiger partial charge is 0.0622 e. The lowest BCUT2D eigenvalue weighted by molar-refractivity contribution is 1.23. The summed E-state index contributed by atoms with van der Waals surface area (Å²) in [7, 11) is 0. The van der Waals surface area contributed by atoms with Crippen molar-refractivity contribution in [3.8, 4) is 33.4 Å². The third-order valence-corrected chi connectivity index (χ3v) is 9.74. The molecular formula is C47H32. The van der Waals surface area contributed by atoms with Crippen LogP contribution in [0.3, 0.4) is 0 Å². The summed E-state index contributed by atoms with van der Waals surface area (Å²) in [6.07, 6.45) is 0.858. The molecule has 0 N–H and O–H groups in total. The van der Waals surface area contributed by atoms with Gasteiger partial charge in [0.1, 0.15) is 0 Å². The molecule has 0 fully saturated rings. The molecule has 0 atom stereocenters. The summed E-state index contributed by atoms with van der Waals surface area (Å²) in [5, 5.41) is 10.3. The summed E-state index contributed by atoms with van der Waals surface area (Å²) in [6.45, 7) is 0. The van der Waals surface area contributed by atoms with E-state index in [-0.39, 0.29) is 0 Å². The molecule has 0 amide bonds. The first-order valence-electron chi connectivity index (χ1n) is 16.4. The monoisotopic (exact) mass is 596 g/mol. The third kappa shape index (κ3) is 4.69. The molecule has 220 valence electrons. The zero-order valence-electron chi connectivity index (χ0n) is 26.0. The molecule has 0 saturated heterocycles. The van der Waals surface area contributed by atoms with Crippen LogP contribution in [0.15, 0.2) is 182 Å². The maximum absolute atomic E-state index is 2.41. The van der Waals surface area contributed by atoms with Gasteiger partial charge in [0.05, 0.1) is 0 Å². The molecule has 0 radical (unpaired) electrons. The summed E-state index contributed by atoms with van der Waals surface area (Å²) in [5.74, 6) is 0. The fourth-order valence-electron chi connectivity index (χ4n) is 7.61. The van der Waals surface area contributed by atoms with Gasteiger partial charge in [-0.2, -0.15) is 0 Å². The van der Waals surface area contributed by atoms with E-state index < -0.39 is 0 Å². The first-order valence-corrected chi connectivity index (χ1v) is 16.4. The summed E-state index contributed by atoms with van der Waals surface area (Å²) in [6, 6.07) is 66.7. The summed E-state index contributed by atoms with van der Waals surface area (Å²) < 4.78 is 0. The Morgan fingerprint density at radius 1 is 0.298 bits per heavy atom. The number of fused-ring (bicyclic) bond motifs is 5. The van der Waals surface area contributed by atoms with Gasteiger partial charge in [0, 0.05) is 0 Å². The van der Waals surface area contributed by atoms with Crippen molar-refractivity contribution in [2.75, 3.05) is 0 Å². The van der Waals surface area contributed by atoms with Crippen LogP contribution in [0.2, 0.25) is 0 Å². The van der Waals surface area contributed by atoms with Crippen LogP contribution in [0.5, 0.6) is 0 Å². The Hall–Kier alpha value is -5.98. The molecule has 0 aliphatic heterocycles. The van der Waals surface area contributed by atoms with E-state index in [1.54, 1.807) is 0 Å². The van der Waals surface area contributed by atoms with Crippen molar-refractivity contribution >= 4 is 43.1 Å². The minimum Gasteiger partial charge on any atom is -0.0622 e. The molecule has 0 aliphatic rings. The molecule has 0 heteroatoms. The Balaban J connectivity index is 1.28. The lowest BCUT2D eigenvalue weighted by Crippen LogP contribution is -1.97. The Morgan fingerprint density at radius 2 is 0.809 bits per heavy atom. The van der Waals surface area contributed by atoms with Crippen molar-refractivity contribution in [3.05, 3.63) is 193 Å². The minimum absolute atomic E-state index is 0.858. The van der Waals surface area contributed by atoms with Gasteiger partial charge in [0.25, 0.3) is 0 Å². The molecule has 0 aromatic heterocycles. The minimum atomic E-state index is 0.858. The van der Waals surface area contributed by atoms with Crippen molar-refractivity contribution in [1.29, 1.82) is 0 Å². The standard InChI is InChI=1S/C47H32/c1-3-15-32(16-4-1)37-20-8-7-19-34(37)30-46-41-23-11-13-25-43(41)47(44-26-14-12-24-42(44)46)35-27-28-38-36(29-35)31-45(33-17-5-2-6-18-33)40-22-10-9-21-39(38)40/h1-29,31H,30H2. The van der Waals surface area contributed by atoms with Gasteiger partial charge in [-0.15, -0.1) is 0 Å². The van der Waals surface area contributed by atoms with E-state index in [4.69, 9.17) is 0 Å². The normalized spacial score (nSPS) is 11.5. The van der Waals surface area contributed by atoms with Crippen molar-refractivity contribution < 1.29 is 0 Å². The summed E-state index contributed by atoms with van der Waals surface area (Å²) in [4.78, 5) is 0. The van der Waals surface area contributed by atoms with Crippen LogP contribution in [0.4, 0.5) is 0 Å². The zero-order chi connectivity index (χ0) is 31.2. The van der Waals surface area contributed by atoms with Crippen LogP contribution in [0.1, 0.15) is 11.1 Å². The van der Waals surface area contributed by atoms with Crippen LogP contribution in [-0.4, -0.2) is 0 Å². The van der Waals surface area contributed by atoms with Crippen molar-refractivity contribution in [1.82, 2.24) is 0 Å². The van der Waals surface area contributed by atoms with Gasteiger partial charge in [0.15, 0.2) is 0 Å². The molecule has 9 aromatic carbocycles. The van der Waals surface area contributed by atoms with Crippen LogP contribution < -0.4 is 0 Å². The average Bonchev–Trinajstić information content (AvgIpc) is 3.15. The highest BCUT2D eigenvalue weighted by Crippen LogP contribution is 2.43. The smallest absolute Gasteiger partial charge is 0.000728 e. The van der Waals surface area contributed by atoms with Crippen molar-refractivity contribution in [2.24, 2.45) is 0 Å². The van der Waals surface area contributed by atoms with E-state index in [0.717, 1.165) is 6.42 Å². The highest BCUT2D eigenvalue weighted by atomic mass is 14.2. The molecule has 0 saturated carbocycles. The summed E-state index contributed by atoms with van der Waals surface area (Å²) >= 11 is 0. The fourth-order valence-corrected chi connectivity index (χ4v) is 7.61. The molecule has 0 unspecified atom stereocenters. The predicted molar refractivity (Wildman–Crippen MR) is 202 cm³/mol. The Morgan fingerprint density at radius 3 is 1.47 bits per heavy atom. The second kappa shape index (κ2) is 11.4. The highest BCUT2D eigenvalue weighted by molar-refractivity contribution is 6.18. The molecule has 9 aromatic rings. The van der Waals surface area contributed by atoms with E-state index in [1.165, 1.54) is 87.6 Å².